The second kappa shape index (κ2) is 11.6. The van der Waals surface area contributed by atoms with Gasteiger partial charge in [0.15, 0.2) is 5.03 Å². The molecule has 3 N–H and O–H groups in total. The molecule has 1 aromatic carbocycles. The summed E-state index contributed by atoms with van der Waals surface area (Å²) < 4.78 is 48.2. The van der Waals surface area contributed by atoms with E-state index < -0.39 is 21.7 Å². The van der Waals surface area contributed by atoms with Crippen LogP contribution in [0.25, 0.3) is 11.3 Å². The highest BCUT2D eigenvalue weighted by molar-refractivity contribution is 7.90. The fraction of sp³-hybridized carbons (Fsp3) is 0.393. The van der Waals surface area contributed by atoms with E-state index in [0.717, 1.165) is 12.8 Å². The number of rotatable bonds is 8. The van der Waals surface area contributed by atoms with Crippen molar-refractivity contribution in [3.63, 3.8) is 0 Å². The van der Waals surface area contributed by atoms with E-state index >= 15 is 0 Å². The van der Waals surface area contributed by atoms with Gasteiger partial charge >= 0.3 is 0 Å². The predicted molar refractivity (Wildman–Crippen MR) is 148 cm³/mol. The molecule has 1 fully saturated rings. The van der Waals surface area contributed by atoms with Crippen LogP contribution in [0.2, 0.25) is 0 Å². The number of nitrogen functional groups attached to an aromatic ring is 1. The maximum absolute atomic E-state index is 14.5. The Bertz CT molecular complexity index is 1460. The molecule has 3 aromatic rings. The number of ether oxygens (including phenoxy) is 1. The number of carbonyl (C=O) groups is 1. The van der Waals surface area contributed by atoms with Gasteiger partial charge in [-0.25, -0.2) is 19.1 Å². The number of aromatic nitrogens is 2. The molecule has 0 saturated carbocycles. The highest BCUT2D eigenvalue weighted by Gasteiger charge is 2.30. The molecule has 2 aromatic heterocycles. The van der Waals surface area contributed by atoms with Crippen LogP contribution in [0.4, 0.5) is 16.0 Å². The molecule has 2 atom stereocenters. The lowest BCUT2D eigenvalue weighted by molar-refractivity contribution is 0.0981. The van der Waals surface area contributed by atoms with Crippen molar-refractivity contribution in [2.45, 2.75) is 51.6 Å². The van der Waals surface area contributed by atoms with E-state index in [1.54, 1.807) is 12.1 Å². The third-order valence-electron chi connectivity index (χ3n) is 6.51. The lowest BCUT2D eigenvalue weighted by atomic mass is 9.94. The summed E-state index contributed by atoms with van der Waals surface area (Å²) in [5.74, 6) is 0.00268. The summed E-state index contributed by atoms with van der Waals surface area (Å²) in [6.45, 7) is 9.22. The number of carbonyl (C=O) groups excluding carboxylic acids is 1. The van der Waals surface area contributed by atoms with Gasteiger partial charge in [-0.1, -0.05) is 26.8 Å². The zero-order chi connectivity index (χ0) is 28.3. The minimum absolute atomic E-state index is 0.0139. The molecule has 1 amide bonds. The molecule has 1 aliphatic heterocycles. The van der Waals surface area contributed by atoms with Gasteiger partial charge in [0.25, 0.3) is 15.9 Å². The fourth-order valence-corrected chi connectivity index (χ4v) is 5.40. The molecule has 9 nitrogen and oxygen atoms in total. The summed E-state index contributed by atoms with van der Waals surface area (Å²) in [5.41, 5.74) is 6.63. The van der Waals surface area contributed by atoms with Gasteiger partial charge in [0, 0.05) is 24.2 Å². The van der Waals surface area contributed by atoms with Crippen molar-refractivity contribution in [3.8, 4) is 17.0 Å². The Morgan fingerprint density at radius 1 is 1.15 bits per heavy atom. The van der Waals surface area contributed by atoms with Gasteiger partial charge in [-0.3, -0.25) is 4.79 Å². The van der Waals surface area contributed by atoms with E-state index in [0.29, 0.717) is 41.9 Å². The number of nitrogens with zero attached hydrogens (tertiary/aromatic N) is 3. The Labute approximate surface area is 228 Å². The van der Waals surface area contributed by atoms with E-state index in [2.05, 4.69) is 16.6 Å². The molecule has 0 aliphatic carbocycles. The maximum Gasteiger partial charge on any atom is 0.281 e. The first-order valence-corrected chi connectivity index (χ1v) is 14.4. The van der Waals surface area contributed by atoms with Crippen molar-refractivity contribution in [2.24, 2.45) is 11.8 Å². The van der Waals surface area contributed by atoms with E-state index in [1.165, 1.54) is 36.4 Å². The van der Waals surface area contributed by atoms with Crippen LogP contribution in [0.3, 0.4) is 0 Å². The Kier molecular flexibility index (Phi) is 8.39. The topological polar surface area (TPSA) is 128 Å². The summed E-state index contributed by atoms with van der Waals surface area (Å²) in [6.07, 6.45) is 1.90. The van der Waals surface area contributed by atoms with Crippen molar-refractivity contribution in [1.29, 1.82) is 0 Å². The van der Waals surface area contributed by atoms with Crippen LogP contribution in [-0.2, 0) is 10.0 Å². The Morgan fingerprint density at radius 3 is 2.64 bits per heavy atom. The molecule has 2 unspecified atom stereocenters. The fourth-order valence-electron chi connectivity index (χ4n) is 4.46. The SMILES string of the molecule is CC(C)COc1cc(F)cc(-c2ccc(C(=O)NS(=O)(=O)c3cccc(N)n3)c(N3CC(C)CCC3C)n2)c1. The smallest absolute Gasteiger partial charge is 0.281 e. The first kappa shape index (κ1) is 28.3. The predicted octanol–water partition coefficient (Wildman–Crippen LogP) is 4.64. The number of amides is 1. The first-order valence-electron chi connectivity index (χ1n) is 12.9. The van der Waals surface area contributed by atoms with Crippen LogP contribution in [0, 0.1) is 17.7 Å². The summed E-state index contributed by atoms with van der Waals surface area (Å²) in [6, 6.07) is 11.7. The van der Waals surface area contributed by atoms with Crippen molar-refractivity contribution < 1.29 is 22.3 Å². The molecular formula is C28H34FN5O4S. The standard InChI is InChI=1S/C28H34FN5O4S/c1-17(2)16-38-22-13-20(12-21(29)14-22)24-11-10-23(27(31-24)34-15-18(3)8-9-19(34)4)28(35)33-39(36,37)26-7-5-6-25(30)32-26/h5-7,10-14,17-19H,8-9,15-16H2,1-4H3,(H2,30,32)(H,33,35). The third kappa shape index (κ3) is 6.83. The van der Waals surface area contributed by atoms with E-state index in [9.17, 15) is 17.6 Å². The highest BCUT2D eigenvalue weighted by atomic mass is 32.2. The first-order chi connectivity index (χ1) is 18.4. The monoisotopic (exact) mass is 555 g/mol. The molecule has 0 radical (unpaired) electrons. The number of piperidine rings is 1. The van der Waals surface area contributed by atoms with Crippen LogP contribution in [0.1, 0.15) is 50.9 Å². The number of pyridine rings is 2. The third-order valence-corrected chi connectivity index (χ3v) is 7.74. The van der Waals surface area contributed by atoms with Crippen LogP contribution < -0.4 is 20.1 Å². The number of benzene rings is 1. The van der Waals surface area contributed by atoms with Crippen LogP contribution in [0.5, 0.6) is 5.75 Å². The van der Waals surface area contributed by atoms with E-state index in [1.807, 2.05) is 25.7 Å². The molecule has 3 heterocycles. The molecule has 0 spiro atoms. The molecular weight excluding hydrogens is 521 g/mol. The van der Waals surface area contributed by atoms with Gasteiger partial charge in [-0.05, 0) is 68.0 Å². The second-order valence-electron chi connectivity index (χ2n) is 10.5. The molecule has 1 saturated heterocycles. The normalized spacial score (nSPS) is 17.7. The second-order valence-corrected chi connectivity index (χ2v) is 12.1. The van der Waals surface area contributed by atoms with Crippen LogP contribution in [0.15, 0.2) is 53.6 Å². The van der Waals surface area contributed by atoms with Gasteiger partial charge in [0.2, 0.25) is 0 Å². The Balaban J connectivity index is 1.75. The van der Waals surface area contributed by atoms with Crippen molar-refractivity contribution in [3.05, 3.63) is 59.9 Å². The average Bonchev–Trinajstić information content (AvgIpc) is 2.88. The summed E-state index contributed by atoms with van der Waals surface area (Å²) in [4.78, 5) is 24.0. The number of halogens is 1. The molecule has 0 bridgehead atoms. The average molecular weight is 556 g/mol. The van der Waals surface area contributed by atoms with Crippen molar-refractivity contribution in [2.75, 3.05) is 23.8 Å². The number of hydrogen-bond acceptors (Lipinski definition) is 8. The number of sulfonamides is 1. The molecule has 39 heavy (non-hydrogen) atoms. The van der Waals surface area contributed by atoms with Gasteiger partial charge in [0.05, 0.1) is 17.9 Å². The summed E-state index contributed by atoms with van der Waals surface area (Å²) >= 11 is 0. The van der Waals surface area contributed by atoms with Gasteiger partial charge in [-0.15, -0.1) is 0 Å². The number of nitrogens with one attached hydrogen (secondary N) is 1. The maximum atomic E-state index is 14.5. The largest absolute Gasteiger partial charge is 0.493 e. The minimum Gasteiger partial charge on any atom is -0.493 e. The Morgan fingerprint density at radius 2 is 1.92 bits per heavy atom. The van der Waals surface area contributed by atoms with Gasteiger partial charge in [-0.2, -0.15) is 8.42 Å². The minimum atomic E-state index is -4.29. The van der Waals surface area contributed by atoms with E-state index in [4.69, 9.17) is 15.5 Å². The zero-order valence-corrected chi connectivity index (χ0v) is 23.3. The number of anilines is 2. The lowest BCUT2D eigenvalue weighted by Crippen LogP contribution is -2.43. The summed E-state index contributed by atoms with van der Waals surface area (Å²) in [5, 5.41) is -0.365. The highest BCUT2D eigenvalue weighted by Crippen LogP contribution is 2.32. The van der Waals surface area contributed by atoms with Crippen molar-refractivity contribution >= 4 is 27.6 Å². The quantitative estimate of drug-likeness (QED) is 0.411. The number of hydrogen-bond donors (Lipinski definition) is 2. The van der Waals surface area contributed by atoms with Gasteiger partial charge in [0.1, 0.15) is 23.2 Å². The zero-order valence-electron chi connectivity index (χ0n) is 22.5. The molecule has 208 valence electrons. The summed E-state index contributed by atoms with van der Waals surface area (Å²) in [7, 11) is -4.29. The molecule has 4 rings (SSSR count). The van der Waals surface area contributed by atoms with Crippen LogP contribution >= 0.6 is 0 Å². The lowest BCUT2D eigenvalue weighted by Gasteiger charge is -2.38. The van der Waals surface area contributed by atoms with Crippen molar-refractivity contribution in [1.82, 2.24) is 14.7 Å². The Hall–Kier alpha value is -3.73. The van der Waals surface area contributed by atoms with Gasteiger partial charge < -0.3 is 15.4 Å². The van der Waals surface area contributed by atoms with Crippen LogP contribution in [-0.4, -0.2) is 43.5 Å². The molecule has 11 heteroatoms. The molecule has 1 aliphatic rings. The number of nitrogens with two attached hydrogens (primary N) is 1. The van der Waals surface area contributed by atoms with E-state index in [-0.39, 0.29) is 28.4 Å².